The summed E-state index contributed by atoms with van der Waals surface area (Å²) >= 11 is 0. The number of unbranched alkanes of at least 4 members (excludes halogenated alkanes) is 7. The van der Waals surface area contributed by atoms with Crippen molar-refractivity contribution in [2.24, 2.45) is 0 Å². The summed E-state index contributed by atoms with van der Waals surface area (Å²) in [6, 6.07) is 0. The van der Waals surface area contributed by atoms with Gasteiger partial charge in [0.15, 0.2) is 0 Å². The molecule has 0 aromatic rings. The molecule has 0 aliphatic rings. The predicted octanol–water partition coefficient (Wildman–Crippen LogP) is 2.60. The number of aliphatic hydroxyl groups is 3. The van der Waals surface area contributed by atoms with Crippen LogP contribution in [0.4, 0.5) is 0 Å². The molecule has 0 spiro atoms. The van der Waals surface area contributed by atoms with Gasteiger partial charge in [-0.25, -0.2) is 0 Å². The zero-order valence-electron chi connectivity index (χ0n) is 14.6. The van der Waals surface area contributed by atoms with Crippen LogP contribution in [0.2, 0.25) is 0 Å². The van der Waals surface area contributed by atoms with Gasteiger partial charge in [0.05, 0.1) is 18.3 Å². The van der Waals surface area contributed by atoms with E-state index in [1.807, 2.05) is 0 Å². The van der Waals surface area contributed by atoms with Crippen molar-refractivity contribution in [3.8, 4) is 0 Å². The fourth-order valence-corrected chi connectivity index (χ4v) is 2.71. The molecule has 0 saturated heterocycles. The molecule has 0 rings (SSSR count). The molecule has 0 radical (unpaired) electrons. The van der Waals surface area contributed by atoms with E-state index < -0.39 is 24.3 Å². The molecule has 5 nitrogen and oxygen atoms in total. The van der Waals surface area contributed by atoms with Crippen LogP contribution in [0, 0.1) is 0 Å². The molecule has 0 heterocycles. The number of hydrogen-bond donors (Lipinski definition) is 4. The maximum absolute atomic E-state index is 10.4. The summed E-state index contributed by atoms with van der Waals surface area (Å²) in [5.41, 5.74) is 0. The Balaban J connectivity index is 0. The van der Waals surface area contributed by atoms with E-state index in [9.17, 15) is 20.1 Å². The van der Waals surface area contributed by atoms with Gasteiger partial charge in [0.2, 0.25) is 0 Å². The van der Waals surface area contributed by atoms with Gasteiger partial charge in [0.25, 0.3) is 0 Å². The van der Waals surface area contributed by atoms with Gasteiger partial charge in [-0.1, -0.05) is 58.3 Å². The van der Waals surface area contributed by atoms with Crippen LogP contribution in [-0.4, -0.2) is 63.6 Å². The Morgan fingerprint density at radius 1 is 0.792 bits per heavy atom. The average Bonchev–Trinajstić information content (AvgIpc) is 2.50. The van der Waals surface area contributed by atoms with Crippen LogP contribution < -0.4 is 0 Å². The summed E-state index contributed by atoms with van der Waals surface area (Å²) in [5.74, 6) is -0.753. The van der Waals surface area contributed by atoms with Gasteiger partial charge < -0.3 is 20.4 Å². The molecule has 140 valence electrons. The summed E-state index contributed by atoms with van der Waals surface area (Å²) in [5, 5.41) is 38.2. The second-order valence-corrected chi connectivity index (χ2v) is 6.57. The van der Waals surface area contributed by atoms with E-state index in [-0.39, 0.29) is 31.7 Å². The number of rotatable bonds is 16. The zero-order chi connectivity index (χ0) is 17.5. The molecule has 0 fully saturated rings. The van der Waals surface area contributed by atoms with E-state index in [1.54, 1.807) is 0 Å². The Kier molecular flexibility index (Phi) is 19.4. The molecule has 24 heavy (non-hydrogen) atoms. The van der Waals surface area contributed by atoms with Crippen molar-refractivity contribution in [2.75, 3.05) is 0 Å². The minimum atomic E-state index is -0.858. The maximum atomic E-state index is 10.4. The van der Waals surface area contributed by atoms with Gasteiger partial charge in [-0.15, -0.1) is 0 Å². The zero-order valence-corrected chi connectivity index (χ0v) is 14.6. The summed E-state index contributed by atoms with van der Waals surface area (Å²) in [6.45, 7) is 2.14. The predicted molar refractivity (Wildman–Crippen MR) is 98.5 cm³/mol. The van der Waals surface area contributed by atoms with Crippen molar-refractivity contribution in [1.29, 1.82) is 0 Å². The number of aliphatic carboxylic acids is 1. The third-order valence-corrected chi connectivity index (χ3v) is 4.24. The van der Waals surface area contributed by atoms with Crippen molar-refractivity contribution >= 4 is 24.8 Å². The SMILES string of the molecule is CCCCCCC(O)CC(O)C(O)CCCCCCCC(=O)O.[LiH]. The summed E-state index contributed by atoms with van der Waals surface area (Å²) in [4.78, 5) is 10.4. The van der Waals surface area contributed by atoms with Crippen molar-refractivity contribution < 1.29 is 25.2 Å². The van der Waals surface area contributed by atoms with Crippen LogP contribution in [0.15, 0.2) is 0 Å². The number of carbonyl (C=O) groups is 1. The molecule has 0 aromatic heterocycles. The second-order valence-electron chi connectivity index (χ2n) is 6.57. The number of aliphatic hydroxyl groups excluding tert-OH is 3. The molecule has 0 saturated carbocycles. The fraction of sp³-hybridized carbons (Fsp3) is 0.944. The molecule has 0 aliphatic heterocycles. The summed E-state index contributed by atoms with van der Waals surface area (Å²) < 4.78 is 0. The number of carboxylic acids is 1. The Bertz CT molecular complexity index is 289. The standard InChI is InChI=1S/C18H36O5.Li.H/c1-2-3-4-8-11-15(19)14-17(21)16(20)12-9-6-5-7-10-13-18(22)23;;/h15-17,19-21H,2-14H2,1H3,(H,22,23);;. The molecule has 0 aromatic carbocycles. The number of carboxylic acid groups (broad SMARTS) is 1. The van der Waals surface area contributed by atoms with Gasteiger partial charge >= 0.3 is 24.8 Å². The van der Waals surface area contributed by atoms with Gasteiger partial charge in [-0.05, 0) is 19.3 Å². The Labute approximate surface area is 159 Å². The van der Waals surface area contributed by atoms with Crippen LogP contribution in [0.25, 0.3) is 0 Å². The van der Waals surface area contributed by atoms with Crippen LogP contribution in [0.1, 0.15) is 90.4 Å². The van der Waals surface area contributed by atoms with Crippen LogP contribution in [-0.2, 0) is 4.79 Å². The second kappa shape index (κ2) is 17.8. The van der Waals surface area contributed by atoms with E-state index in [2.05, 4.69) is 6.92 Å². The molecule has 3 unspecified atom stereocenters. The Morgan fingerprint density at radius 2 is 1.33 bits per heavy atom. The molecule has 0 aliphatic carbocycles. The molecule has 0 bridgehead atoms. The number of hydrogen-bond acceptors (Lipinski definition) is 4. The van der Waals surface area contributed by atoms with Gasteiger partial charge in [-0.2, -0.15) is 0 Å². The van der Waals surface area contributed by atoms with E-state index in [0.29, 0.717) is 19.3 Å². The summed E-state index contributed by atoms with van der Waals surface area (Å²) in [6.07, 6.45) is 8.21. The van der Waals surface area contributed by atoms with E-state index in [4.69, 9.17) is 5.11 Å². The van der Waals surface area contributed by atoms with Gasteiger partial charge in [0, 0.05) is 12.8 Å². The molecule has 0 amide bonds. The van der Waals surface area contributed by atoms with Crippen LogP contribution >= 0.6 is 0 Å². The van der Waals surface area contributed by atoms with Crippen molar-refractivity contribution in [1.82, 2.24) is 0 Å². The van der Waals surface area contributed by atoms with E-state index in [0.717, 1.165) is 44.9 Å². The third-order valence-electron chi connectivity index (χ3n) is 4.24. The fourth-order valence-electron chi connectivity index (χ4n) is 2.71. The van der Waals surface area contributed by atoms with E-state index >= 15 is 0 Å². The van der Waals surface area contributed by atoms with E-state index in [1.165, 1.54) is 6.42 Å². The monoisotopic (exact) mass is 340 g/mol. The first-order valence-corrected chi connectivity index (χ1v) is 9.23. The minimum absolute atomic E-state index is 0. The first kappa shape index (κ1) is 26.2. The molecular formula is C18H37LiO5. The Hall–Kier alpha value is -0.0526. The quantitative estimate of drug-likeness (QED) is 0.256. The average molecular weight is 340 g/mol. The van der Waals surface area contributed by atoms with Gasteiger partial charge in [-0.3, -0.25) is 4.79 Å². The first-order chi connectivity index (χ1) is 11.0. The first-order valence-electron chi connectivity index (χ1n) is 9.23. The van der Waals surface area contributed by atoms with Crippen molar-refractivity contribution in [3.05, 3.63) is 0 Å². The van der Waals surface area contributed by atoms with Crippen LogP contribution in [0.3, 0.4) is 0 Å². The molecule has 6 heteroatoms. The summed E-state index contributed by atoms with van der Waals surface area (Å²) in [7, 11) is 0. The topological polar surface area (TPSA) is 98.0 Å². The molecule has 4 N–H and O–H groups in total. The normalized spacial score (nSPS) is 14.7. The van der Waals surface area contributed by atoms with Gasteiger partial charge in [0.1, 0.15) is 0 Å². The van der Waals surface area contributed by atoms with Crippen molar-refractivity contribution in [2.45, 2.75) is 109 Å². The Morgan fingerprint density at radius 3 is 1.96 bits per heavy atom. The van der Waals surface area contributed by atoms with Crippen molar-refractivity contribution in [3.63, 3.8) is 0 Å². The molecular weight excluding hydrogens is 303 g/mol. The molecule has 3 atom stereocenters. The van der Waals surface area contributed by atoms with Crippen LogP contribution in [0.5, 0.6) is 0 Å². The third kappa shape index (κ3) is 16.8.